The topological polar surface area (TPSA) is 41.1 Å². The van der Waals surface area contributed by atoms with Crippen LogP contribution in [0.2, 0.25) is 0 Å². The van der Waals surface area contributed by atoms with E-state index in [-0.39, 0.29) is 5.91 Å². The van der Waals surface area contributed by atoms with Crippen molar-refractivity contribution in [3.63, 3.8) is 0 Å². The lowest BCUT2D eigenvalue weighted by molar-refractivity contribution is -0.122. The van der Waals surface area contributed by atoms with Crippen molar-refractivity contribution in [2.75, 3.05) is 13.1 Å². The van der Waals surface area contributed by atoms with Crippen LogP contribution in [-0.4, -0.2) is 25.0 Å². The molecule has 0 bridgehead atoms. The lowest BCUT2D eigenvalue weighted by Crippen LogP contribution is -2.33. The van der Waals surface area contributed by atoms with Crippen LogP contribution in [0.4, 0.5) is 0 Å². The van der Waals surface area contributed by atoms with Crippen LogP contribution in [0.1, 0.15) is 37.2 Å². The molecule has 2 fully saturated rings. The fourth-order valence-electron chi connectivity index (χ4n) is 3.04. The van der Waals surface area contributed by atoms with Gasteiger partial charge in [-0.25, -0.2) is 0 Å². The van der Waals surface area contributed by atoms with Crippen molar-refractivity contribution < 1.29 is 4.79 Å². The van der Waals surface area contributed by atoms with Crippen molar-refractivity contribution in [3.05, 3.63) is 35.9 Å². The van der Waals surface area contributed by atoms with Gasteiger partial charge in [-0.05, 0) is 43.8 Å². The van der Waals surface area contributed by atoms with Gasteiger partial charge < -0.3 is 10.6 Å². The van der Waals surface area contributed by atoms with Crippen molar-refractivity contribution in [1.82, 2.24) is 10.6 Å². The molecule has 1 aromatic carbocycles. The highest BCUT2D eigenvalue weighted by Crippen LogP contribution is 2.40. The minimum atomic E-state index is 0.246. The molecule has 1 saturated carbocycles. The second-order valence-corrected chi connectivity index (χ2v) is 5.82. The van der Waals surface area contributed by atoms with Gasteiger partial charge in [-0.15, -0.1) is 0 Å². The lowest BCUT2D eigenvalue weighted by atomic mass is 9.94. The monoisotopic (exact) mass is 258 g/mol. The van der Waals surface area contributed by atoms with Gasteiger partial charge in [0.15, 0.2) is 0 Å². The van der Waals surface area contributed by atoms with Crippen molar-refractivity contribution in [2.24, 2.45) is 5.92 Å². The van der Waals surface area contributed by atoms with Crippen LogP contribution in [0.15, 0.2) is 30.3 Å². The largest absolute Gasteiger partial charge is 0.353 e. The molecule has 1 amide bonds. The molecule has 3 rings (SSSR count). The Bertz CT molecular complexity index is 426. The van der Waals surface area contributed by atoms with Gasteiger partial charge in [-0.3, -0.25) is 4.79 Å². The van der Waals surface area contributed by atoms with Crippen LogP contribution < -0.4 is 10.6 Å². The maximum atomic E-state index is 12.0. The summed E-state index contributed by atoms with van der Waals surface area (Å²) in [6.07, 6.45) is 4.09. The molecular formula is C16H22N2O. The fraction of sp³-hybridized carbons (Fsp3) is 0.562. The first kappa shape index (κ1) is 12.7. The Balaban J connectivity index is 1.44. The molecule has 1 aliphatic carbocycles. The molecule has 2 unspecified atom stereocenters. The summed E-state index contributed by atoms with van der Waals surface area (Å²) in [6.45, 7) is 2.13. The van der Waals surface area contributed by atoms with E-state index < -0.39 is 0 Å². The summed E-state index contributed by atoms with van der Waals surface area (Å²) in [5.74, 6) is 1.36. The van der Waals surface area contributed by atoms with E-state index in [2.05, 4.69) is 34.9 Å². The first-order valence-electron chi connectivity index (χ1n) is 7.38. The Morgan fingerprint density at radius 2 is 1.95 bits per heavy atom. The fourth-order valence-corrected chi connectivity index (χ4v) is 3.04. The summed E-state index contributed by atoms with van der Waals surface area (Å²) in [4.78, 5) is 12.0. The molecule has 0 aromatic heterocycles. The van der Waals surface area contributed by atoms with E-state index in [1.807, 2.05) is 6.07 Å². The van der Waals surface area contributed by atoms with Gasteiger partial charge in [-0.1, -0.05) is 30.3 Å². The number of nitrogens with one attached hydrogen (secondary N) is 2. The van der Waals surface area contributed by atoms with Crippen LogP contribution >= 0.6 is 0 Å². The van der Waals surface area contributed by atoms with E-state index in [0.717, 1.165) is 32.4 Å². The summed E-state index contributed by atoms with van der Waals surface area (Å²) >= 11 is 0. The maximum Gasteiger partial charge on any atom is 0.220 e. The van der Waals surface area contributed by atoms with E-state index in [1.165, 1.54) is 5.56 Å². The van der Waals surface area contributed by atoms with E-state index >= 15 is 0 Å². The van der Waals surface area contributed by atoms with Crippen LogP contribution in [0.25, 0.3) is 0 Å². The molecule has 0 radical (unpaired) electrons. The third kappa shape index (κ3) is 3.35. The smallest absolute Gasteiger partial charge is 0.220 e. The zero-order chi connectivity index (χ0) is 13.1. The standard InChI is InChI=1S/C16H22N2O/c19-16(10-12-6-8-17-9-7-12)18-15-11-14(15)13-4-2-1-3-5-13/h1-5,12,14-15,17H,6-11H2,(H,18,19). The molecule has 1 heterocycles. The summed E-state index contributed by atoms with van der Waals surface area (Å²) < 4.78 is 0. The highest BCUT2D eigenvalue weighted by atomic mass is 16.1. The molecule has 0 spiro atoms. The Morgan fingerprint density at radius 3 is 2.68 bits per heavy atom. The average molecular weight is 258 g/mol. The summed E-state index contributed by atoms with van der Waals surface area (Å²) in [5.41, 5.74) is 1.36. The first-order valence-corrected chi connectivity index (χ1v) is 7.38. The lowest BCUT2D eigenvalue weighted by Gasteiger charge is -2.21. The van der Waals surface area contributed by atoms with Gasteiger partial charge in [0.1, 0.15) is 0 Å². The predicted octanol–water partition coefficient (Wildman–Crippen LogP) is 2.05. The Kier molecular flexibility index (Phi) is 3.83. The van der Waals surface area contributed by atoms with Crippen molar-refractivity contribution >= 4 is 5.91 Å². The van der Waals surface area contributed by atoms with E-state index in [9.17, 15) is 4.79 Å². The maximum absolute atomic E-state index is 12.0. The third-order valence-corrected chi connectivity index (χ3v) is 4.30. The van der Waals surface area contributed by atoms with Gasteiger partial charge in [0.2, 0.25) is 5.91 Å². The van der Waals surface area contributed by atoms with Crippen LogP contribution in [0.5, 0.6) is 0 Å². The van der Waals surface area contributed by atoms with Gasteiger partial charge in [0.25, 0.3) is 0 Å². The summed E-state index contributed by atoms with van der Waals surface area (Å²) in [6, 6.07) is 10.9. The summed E-state index contributed by atoms with van der Waals surface area (Å²) in [5, 5.41) is 6.53. The van der Waals surface area contributed by atoms with Gasteiger partial charge in [0.05, 0.1) is 0 Å². The van der Waals surface area contributed by atoms with E-state index in [0.29, 0.717) is 24.3 Å². The second kappa shape index (κ2) is 5.74. The Hall–Kier alpha value is -1.35. The zero-order valence-corrected chi connectivity index (χ0v) is 11.3. The number of rotatable bonds is 4. The average Bonchev–Trinajstić information content (AvgIpc) is 3.20. The number of hydrogen-bond donors (Lipinski definition) is 2. The highest BCUT2D eigenvalue weighted by Gasteiger charge is 2.39. The number of benzene rings is 1. The molecule has 2 atom stereocenters. The number of carbonyl (C=O) groups excluding carboxylic acids is 1. The zero-order valence-electron chi connectivity index (χ0n) is 11.3. The molecule has 19 heavy (non-hydrogen) atoms. The van der Waals surface area contributed by atoms with Crippen molar-refractivity contribution in [1.29, 1.82) is 0 Å². The quantitative estimate of drug-likeness (QED) is 0.868. The number of amides is 1. The van der Waals surface area contributed by atoms with Crippen molar-refractivity contribution in [3.8, 4) is 0 Å². The summed E-state index contributed by atoms with van der Waals surface area (Å²) in [7, 11) is 0. The van der Waals surface area contributed by atoms with E-state index in [4.69, 9.17) is 0 Å². The van der Waals surface area contributed by atoms with Crippen molar-refractivity contribution in [2.45, 2.75) is 37.6 Å². The molecule has 2 N–H and O–H groups in total. The molecule has 3 nitrogen and oxygen atoms in total. The van der Waals surface area contributed by atoms with Crippen LogP contribution in [0, 0.1) is 5.92 Å². The number of hydrogen-bond acceptors (Lipinski definition) is 2. The number of carbonyl (C=O) groups is 1. The molecule has 102 valence electrons. The van der Waals surface area contributed by atoms with Gasteiger partial charge in [-0.2, -0.15) is 0 Å². The van der Waals surface area contributed by atoms with Crippen LogP contribution in [-0.2, 0) is 4.79 Å². The molecule has 3 heteroatoms. The minimum Gasteiger partial charge on any atom is -0.353 e. The van der Waals surface area contributed by atoms with Gasteiger partial charge in [0, 0.05) is 18.4 Å². The van der Waals surface area contributed by atoms with Gasteiger partial charge >= 0.3 is 0 Å². The highest BCUT2D eigenvalue weighted by molar-refractivity contribution is 5.77. The Labute approximate surface area is 114 Å². The molecule has 1 aliphatic heterocycles. The molecule has 1 saturated heterocycles. The minimum absolute atomic E-state index is 0.246. The Morgan fingerprint density at radius 1 is 1.21 bits per heavy atom. The molecule has 2 aliphatic rings. The SMILES string of the molecule is O=C(CC1CCNCC1)NC1CC1c1ccccc1. The predicted molar refractivity (Wildman–Crippen MR) is 75.9 cm³/mol. The van der Waals surface area contributed by atoms with Crippen LogP contribution in [0.3, 0.4) is 0 Å². The molecule has 1 aromatic rings. The number of piperidine rings is 1. The van der Waals surface area contributed by atoms with E-state index in [1.54, 1.807) is 0 Å². The second-order valence-electron chi connectivity index (χ2n) is 5.82. The first-order chi connectivity index (χ1) is 9.33. The molecular weight excluding hydrogens is 236 g/mol. The normalized spacial score (nSPS) is 26.9. The third-order valence-electron chi connectivity index (χ3n) is 4.30.